The Bertz CT molecular complexity index is 530. The third-order valence-corrected chi connectivity index (χ3v) is 2.14. The van der Waals surface area contributed by atoms with Gasteiger partial charge in [-0.15, -0.1) is 5.10 Å². The van der Waals surface area contributed by atoms with E-state index in [1.165, 1.54) is 4.52 Å². The molecule has 0 aliphatic carbocycles. The highest BCUT2D eigenvalue weighted by molar-refractivity contribution is 5.42. The van der Waals surface area contributed by atoms with Gasteiger partial charge in [-0.1, -0.05) is 0 Å². The Kier molecular flexibility index (Phi) is 2.86. The standard InChI is InChI=1S/C9H13N5O2/c1-6(15)4-5-10-7-2-3-8-11-12-9(16)14(8)13-7/h2-3,6,15H,4-5H2,1H3,(H,10,13)(H,12,16). The molecule has 7 heteroatoms. The number of aromatic amines is 1. The fourth-order valence-corrected chi connectivity index (χ4v) is 1.31. The number of aromatic nitrogens is 4. The van der Waals surface area contributed by atoms with Gasteiger partial charge in [-0.25, -0.2) is 9.89 Å². The van der Waals surface area contributed by atoms with Crippen LogP contribution in [-0.2, 0) is 0 Å². The largest absolute Gasteiger partial charge is 0.393 e. The SMILES string of the molecule is CC(O)CCNc1ccc2n[nH]c(=O)n2n1. The summed E-state index contributed by atoms with van der Waals surface area (Å²) in [5, 5.41) is 22.2. The van der Waals surface area contributed by atoms with Gasteiger partial charge in [0.25, 0.3) is 0 Å². The van der Waals surface area contributed by atoms with Crippen LogP contribution in [0, 0.1) is 0 Å². The van der Waals surface area contributed by atoms with Crippen LogP contribution in [0.5, 0.6) is 0 Å². The molecule has 0 fully saturated rings. The number of aliphatic hydroxyl groups is 1. The first-order chi connectivity index (χ1) is 7.66. The lowest BCUT2D eigenvalue weighted by Gasteiger charge is -2.06. The summed E-state index contributed by atoms with van der Waals surface area (Å²) in [4.78, 5) is 11.2. The number of nitrogens with one attached hydrogen (secondary N) is 2. The minimum Gasteiger partial charge on any atom is -0.393 e. The van der Waals surface area contributed by atoms with Crippen LogP contribution < -0.4 is 11.0 Å². The van der Waals surface area contributed by atoms with E-state index in [9.17, 15) is 4.79 Å². The Labute approximate surface area is 91.1 Å². The fraction of sp³-hybridized carbons (Fsp3) is 0.444. The van der Waals surface area contributed by atoms with Crippen molar-refractivity contribution in [3.63, 3.8) is 0 Å². The van der Waals surface area contributed by atoms with Gasteiger partial charge in [0.2, 0.25) is 0 Å². The van der Waals surface area contributed by atoms with E-state index in [2.05, 4.69) is 20.6 Å². The normalized spacial score (nSPS) is 12.9. The van der Waals surface area contributed by atoms with Crippen LogP contribution in [0.15, 0.2) is 16.9 Å². The van der Waals surface area contributed by atoms with Gasteiger partial charge >= 0.3 is 5.69 Å². The van der Waals surface area contributed by atoms with E-state index in [0.717, 1.165) is 0 Å². The van der Waals surface area contributed by atoms with Crippen molar-refractivity contribution in [1.82, 2.24) is 19.8 Å². The van der Waals surface area contributed by atoms with Crippen LogP contribution in [0.4, 0.5) is 5.82 Å². The molecule has 2 aromatic heterocycles. The molecular weight excluding hydrogens is 210 g/mol. The highest BCUT2D eigenvalue weighted by atomic mass is 16.3. The van der Waals surface area contributed by atoms with Crippen LogP contribution in [-0.4, -0.2) is 37.6 Å². The number of rotatable bonds is 4. The number of aliphatic hydroxyl groups excluding tert-OH is 1. The number of hydrogen-bond donors (Lipinski definition) is 3. The smallest absolute Gasteiger partial charge is 0.364 e. The lowest BCUT2D eigenvalue weighted by molar-refractivity contribution is 0.188. The highest BCUT2D eigenvalue weighted by Gasteiger charge is 2.02. The first-order valence-electron chi connectivity index (χ1n) is 5.03. The van der Waals surface area contributed by atoms with Crippen molar-refractivity contribution in [2.75, 3.05) is 11.9 Å². The van der Waals surface area contributed by atoms with Crippen molar-refractivity contribution in [2.24, 2.45) is 0 Å². The molecule has 0 aliphatic rings. The summed E-state index contributed by atoms with van der Waals surface area (Å²) < 4.78 is 1.19. The predicted molar refractivity (Wildman–Crippen MR) is 58.4 cm³/mol. The second-order valence-corrected chi connectivity index (χ2v) is 3.58. The molecule has 0 spiro atoms. The molecule has 0 radical (unpaired) electrons. The molecule has 0 amide bonds. The number of nitrogens with zero attached hydrogens (tertiary/aromatic N) is 3. The van der Waals surface area contributed by atoms with Crippen LogP contribution >= 0.6 is 0 Å². The van der Waals surface area contributed by atoms with Gasteiger partial charge in [-0.3, -0.25) is 0 Å². The third kappa shape index (κ3) is 2.19. The molecule has 0 saturated heterocycles. The summed E-state index contributed by atoms with van der Waals surface area (Å²) in [5.41, 5.74) is 0.111. The molecule has 86 valence electrons. The Balaban J connectivity index is 2.13. The summed E-state index contributed by atoms with van der Waals surface area (Å²) >= 11 is 0. The molecule has 0 aromatic carbocycles. The van der Waals surface area contributed by atoms with Gasteiger partial charge in [0.1, 0.15) is 5.82 Å². The van der Waals surface area contributed by atoms with E-state index in [-0.39, 0.29) is 11.8 Å². The Morgan fingerprint density at radius 2 is 2.44 bits per heavy atom. The molecule has 16 heavy (non-hydrogen) atoms. The second-order valence-electron chi connectivity index (χ2n) is 3.58. The molecule has 0 bridgehead atoms. The molecule has 2 aromatic rings. The van der Waals surface area contributed by atoms with E-state index in [0.29, 0.717) is 24.4 Å². The van der Waals surface area contributed by atoms with Crippen LogP contribution in [0.3, 0.4) is 0 Å². The van der Waals surface area contributed by atoms with Gasteiger partial charge in [0.15, 0.2) is 5.65 Å². The quantitative estimate of drug-likeness (QED) is 0.655. The van der Waals surface area contributed by atoms with Gasteiger partial charge in [-0.05, 0) is 25.5 Å². The van der Waals surface area contributed by atoms with Crippen LogP contribution in [0.2, 0.25) is 0 Å². The maximum absolute atomic E-state index is 11.2. The zero-order valence-corrected chi connectivity index (χ0v) is 8.84. The van der Waals surface area contributed by atoms with Gasteiger partial charge < -0.3 is 10.4 Å². The first kappa shape index (κ1) is 10.6. The van der Waals surface area contributed by atoms with Crippen molar-refractivity contribution < 1.29 is 5.11 Å². The minimum absolute atomic E-state index is 0.354. The zero-order valence-electron chi connectivity index (χ0n) is 8.84. The lowest BCUT2D eigenvalue weighted by Crippen LogP contribution is -2.15. The zero-order chi connectivity index (χ0) is 11.5. The van der Waals surface area contributed by atoms with Crippen molar-refractivity contribution in [3.05, 3.63) is 22.6 Å². The van der Waals surface area contributed by atoms with Crippen molar-refractivity contribution >= 4 is 11.5 Å². The van der Waals surface area contributed by atoms with Crippen molar-refractivity contribution in [1.29, 1.82) is 0 Å². The number of anilines is 1. The Morgan fingerprint density at radius 3 is 3.19 bits per heavy atom. The minimum atomic E-state index is -0.367. The molecule has 3 N–H and O–H groups in total. The fourth-order valence-electron chi connectivity index (χ4n) is 1.31. The van der Waals surface area contributed by atoms with Crippen LogP contribution in [0.25, 0.3) is 5.65 Å². The second kappa shape index (κ2) is 4.31. The third-order valence-electron chi connectivity index (χ3n) is 2.14. The number of H-pyrrole nitrogens is 1. The van der Waals surface area contributed by atoms with E-state index in [1.54, 1.807) is 19.1 Å². The summed E-state index contributed by atoms with van der Waals surface area (Å²) in [5.74, 6) is 0.580. The Morgan fingerprint density at radius 1 is 1.62 bits per heavy atom. The van der Waals surface area contributed by atoms with Gasteiger partial charge in [0, 0.05) is 6.54 Å². The average Bonchev–Trinajstić information content (AvgIpc) is 2.60. The molecule has 7 nitrogen and oxygen atoms in total. The predicted octanol–water partition coefficient (Wildman–Crippen LogP) is -0.400. The van der Waals surface area contributed by atoms with E-state index < -0.39 is 0 Å². The summed E-state index contributed by atoms with van der Waals surface area (Å²) in [6, 6.07) is 3.42. The van der Waals surface area contributed by atoms with Crippen molar-refractivity contribution in [3.8, 4) is 0 Å². The van der Waals surface area contributed by atoms with Gasteiger partial charge in [0.05, 0.1) is 6.10 Å². The maximum atomic E-state index is 11.2. The lowest BCUT2D eigenvalue weighted by atomic mass is 10.3. The maximum Gasteiger partial charge on any atom is 0.364 e. The van der Waals surface area contributed by atoms with E-state index in [4.69, 9.17) is 5.11 Å². The van der Waals surface area contributed by atoms with E-state index >= 15 is 0 Å². The van der Waals surface area contributed by atoms with Crippen LogP contribution in [0.1, 0.15) is 13.3 Å². The molecule has 2 rings (SSSR count). The molecular formula is C9H13N5O2. The summed E-state index contributed by atoms with van der Waals surface area (Å²) in [6.45, 7) is 2.32. The molecule has 1 atom stereocenters. The number of fused-ring (bicyclic) bond motifs is 1. The number of hydrogen-bond acceptors (Lipinski definition) is 5. The Hall–Kier alpha value is -1.89. The monoisotopic (exact) mass is 223 g/mol. The topological polar surface area (TPSA) is 95.3 Å². The summed E-state index contributed by atoms with van der Waals surface area (Å²) in [7, 11) is 0. The van der Waals surface area contributed by atoms with Crippen molar-refractivity contribution in [2.45, 2.75) is 19.4 Å². The molecule has 0 aliphatic heterocycles. The highest BCUT2D eigenvalue weighted by Crippen LogP contribution is 2.03. The molecule has 0 saturated carbocycles. The van der Waals surface area contributed by atoms with E-state index in [1.807, 2.05) is 0 Å². The molecule has 1 unspecified atom stereocenters. The summed E-state index contributed by atoms with van der Waals surface area (Å²) in [6.07, 6.45) is 0.271. The van der Waals surface area contributed by atoms with Gasteiger partial charge in [-0.2, -0.15) is 9.61 Å². The average molecular weight is 223 g/mol. The first-order valence-corrected chi connectivity index (χ1v) is 5.03. The molecule has 2 heterocycles.